The average molecular weight is 265 g/mol. The predicted molar refractivity (Wildman–Crippen MR) is 76.1 cm³/mol. The standard InChI is InChI=1S/C15H27N3O/c19-15(17-9-2-1-3-10-17)12-18-11-5-7-14(18)13-6-4-8-16-13/h13-14,16H,1-12H2. The van der Waals surface area contributed by atoms with Crippen LogP contribution in [-0.2, 0) is 4.79 Å². The molecule has 0 radical (unpaired) electrons. The van der Waals surface area contributed by atoms with Crippen molar-refractivity contribution >= 4 is 5.91 Å². The second kappa shape index (κ2) is 6.23. The summed E-state index contributed by atoms with van der Waals surface area (Å²) >= 11 is 0. The Morgan fingerprint density at radius 3 is 2.58 bits per heavy atom. The minimum absolute atomic E-state index is 0.365. The third-order valence-corrected chi connectivity index (χ3v) is 5.02. The van der Waals surface area contributed by atoms with Crippen LogP contribution in [0.3, 0.4) is 0 Å². The Morgan fingerprint density at radius 2 is 1.84 bits per heavy atom. The second-order valence-corrected chi connectivity index (χ2v) is 6.32. The van der Waals surface area contributed by atoms with Gasteiger partial charge in [0.05, 0.1) is 6.54 Å². The molecule has 0 aromatic heterocycles. The Hall–Kier alpha value is -0.610. The Morgan fingerprint density at radius 1 is 1.00 bits per heavy atom. The lowest BCUT2D eigenvalue weighted by Crippen LogP contribution is -2.49. The topological polar surface area (TPSA) is 35.6 Å². The van der Waals surface area contributed by atoms with Crippen molar-refractivity contribution in [2.24, 2.45) is 0 Å². The first-order valence-corrected chi connectivity index (χ1v) is 8.10. The molecule has 0 aromatic carbocycles. The summed E-state index contributed by atoms with van der Waals surface area (Å²) < 4.78 is 0. The van der Waals surface area contributed by atoms with Crippen molar-refractivity contribution in [3.63, 3.8) is 0 Å². The fourth-order valence-corrected chi connectivity index (χ4v) is 3.96. The summed E-state index contributed by atoms with van der Waals surface area (Å²) in [5.41, 5.74) is 0. The Kier molecular flexibility index (Phi) is 4.38. The minimum atomic E-state index is 0.365. The Balaban J connectivity index is 1.53. The lowest BCUT2D eigenvalue weighted by Gasteiger charge is -2.32. The highest BCUT2D eigenvalue weighted by Gasteiger charge is 2.34. The molecule has 0 aliphatic carbocycles. The van der Waals surface area contributed by atoms with Gasteiger partial charge in [-0.25, -0.2) is 0 Å². The third-order valence-electron chi connectivity index (χ3n) is 5.02. The van der Waals surface area contributed by atoms with Gasteiger partial charge in [0.1, 0.15) is 0 Å². The van der Waals surface area contributed by atoms with Crippen LogP contribution in [0, 0.1) is 0 Å². The summed E-state index contributed by atoms with van der Waals surface area (Å²) in [6.07, 6.45) is 8.80. The highest BCUT2D eigenvalue weighted by atomic mass is 16.2. The van der Waals surface area contributed by atoms with E-state index >= 15 is 0 Å². The van der Waals surface area contributed by atoms with Crippen LogP contribution >= 0.6 is 0 Å². The summed E-state index contributed by atoms with van der Waals surface area (Å²) in [4.78, 5) is 16.9. The summed E-state index contributed by atoms with van der Waals surface area (Å²) in [6, 6.07) is 1.24. The first kappa shape index (κ1) is 13.4. The number of amides is 1. The summed E-state index contributed by atoms with van der Waals surface area (Å²) in [5.74, 6) is 0.365. The van der Waals surface area contributed by atoms with Crippen LogP contribution in [0.4, 0.5) is 0 Å². The van der Waals surface area contributed by atoms with Crippen molar-refractivity contribution in [3.05, 3.63) is 0 Å². The van der Waals surface area contributed by atoms with Gasteiger partial charge in [-0.05, 0) is 58.0 Å². The first-order valence-electron chi connectivity index (χ1n) is 8.10. The van der Waals surface area contributed by atoms with E-state index in [0.717, 1.165) is 26.2 Å². The number of piperidine rings is 1. The number of nitrogens with one attached hydrogen (secondary N) is 1. The number of carbonyl (C=O) groups excluding carboxylic acids is 1. The van der Waals surface area contributed by atoms with E-state index in [0.29, 0.717) is 24.5 Å². The van der Waals surface area contributed by atoms with Gasteiger partial charge >= 0.3 is 0 Å². The zero-order chi connectivity index (χ0) is 13.1. The van der Waals surface area contributed by atoms with E-state index in [4.69, 9.17) is 0 Å². The van der Waals surface area contributed by atoms with Gasteiger partial charge in [0.25, 0.3) is 0 Å². The molecule has 1 amide bonds. The SMILES string of the molecule is O=C(CN1CCCC1C1CCCN1)N1CCCCC1. The monoisotopic (exact) mass is 265 g/mol. The molecule has 19 heavy (non-hydrogen) atoms. The van der Waals surface area contributed by atoms with E-state index in [2.05, 4.69) is 15.1 Å². The molecule has 3 rings (SSSR count). The van der Waals surface area contributed by atoms with Gasteiger partial charge in [0, 0.05) is 25.2 Å². The molecule has 4 nitrogen and oxygen atoms in total. The lowest BCUT2D eigenvalue weighted by molar-refractivity contribution is -0.133. The lowest BCUT2D eigenvalue weighted by atomic mass is 10.0. The fourth-order valence-electron chi connectivity index (χ4n) is 3.96. The number of rotatable bonds is 3. The molecule has 0 aromatic rings. The Bertz CT molecular complexity index is 309. The van der Waals surface area contributed by atoms with E-state index in [1.807, 2.05) is 0 Å². The van der Waals surface area contributed by atoms with Crippen LogP contribution < -0.4 is 5.32 Å². The normalized spacial score (nSPS) is 32.9. The van der Waals surface area contributed by atoms with E-state index in [1.54, 1.807) is 0 Å². The Labute approximate surface area is 116 Å². The highest BCUT2D eigenvalue weighted by Crippen LogP contribution is 2.24. The zero-order valence-electron chi connectivity index (χ0n) is 11.9. The largest absolute Gasteiger partial charge is 0.342 e. The molecule has 4 heteroatoms. The van der Waals surface area contributed by atoms with E-state index in [9.17, 15) is 4.79 Å². The second-order valence-electron chi connectivity index (χ2n) is 6.32. The van der Waals surface area contributed by atoms with E-state index in [-0.39, 0.29) is 0 Å². The van der Waals surface area contributed by atoms with Crippen LogP contribution in [0.1, 0.15) is 44.9 Å². The van der Waals surface area contributed by atoms with Crippen molar-refractivity contribution < 1.29 is 4.79 Å². The number of nitrogens with zero attached hydrogens (tertiary/aromatic N) is 2. The van der Waals surface area contributed by atoms with Crippen molar-refractivity contribution in [2.75, 3.05) is 32.7 Å². The summed E-state index contributed by atoms with van der Waals surface area (Å²) in [5, 5.41) is 3.61. The van der Waals surface area contributed by atoms with Crippen LogP contribution in [-0.4, -0.2) is 60.5 Å². The van der Waals surface area contributed by atoms with E-state index < -0.39 is 0 Å². The summed E-state index contributed by atoms with van der Waals surface area (Å²) in [6.45, 7) is 4.90. The van der Waals surface area contributed by atoms with Crippen molar-refractivity contribution in [1.82, 2.24) is 15.1 Å². The fraction of sp³-hybridized carbons (Fsp3) is 0.933. The average Bonchev–Trinajstić information content (AvgIpc) is 3.10. The quantitative estimate of drug-likeness (QED) is 0.833. The number of carbonyl (C=O) groups is 1. The molecule has 0 bridgehead atoms. The molecule has 3 saturated heterocycles. The maximum Gasteiger partial charge on any atom is 0.236 e. The van der Waals surface area contributed by atoms with Crippen molar-refractivity contribution in [1.29, 1.82) is 0 Å². The molecule has 2 atom stereocenters. The molecule has 1 N–H and O–H groups in total. The molecular formula is C15H27N3O. The van der Waals surface area contributed by atoms with Gasteiger partial charge < -0.3 is 10.2 Å². The van der Waals surface area contributed by atoms with Gasteiger partial charge in [0.15, 0.2) is 0 Å². The van der Waals surface area contributed by atoms with Gasteiger partial charge in [-0.3, -0.25) is 9.69 Å². The third kappa shape index (κ3) is 3.11. The van der Waals surface area contributed by atoms with Crippen LogP contribution in [0.25, 0.3) is 0 Å². The number of likely N-dealkylation sites (tertiary alicyclic amines) is 2. The molecule has 3 aliphatic rings. The maximum atomic E-state index is 12.4. The smallest absolute Gasteiger partial charge is 0.236 e. The molecule has 108 valence electrons. The van der Waals surface area contributed by atoms with E-state index in [1.165, 1.54) is 44.9 Å². The first-order chi connectivity index (χ1) is 9.34. The molecular weight excluding hydrogens is 238 g/mol. The molecule has 2 unspecified atom stereocenters. The van der Waals surface area contributed by atoms with Crippen LogP contribution in [0.5, 0.6) is 0 Å². The van der Waals surface area contributed by atoms with Gasteiger partial charge in [-0.1, -0.05) is 0 Å². The molecule has 0 saturated carbocycles. The van der Waals surface area contributed by atoms with Gasteiger partial charge in [-0.2, -0.15) is 0 Å². The van der Waals surface area contributed by atoms with Gasteiger partial charge in [-0.15, -0.1) is 0 Å². The van der Waals surface area contributed by atoms with Crippen molar-refractivity contribution in [2.45, 2.75) is 57.0 Å². The number of hydrogen-bond acceptors (Lipinski definition) is 3. The molecule has 3 fully saturated rings. The summed E-state index contributed by atoms with van der Waals surface area (Å²) in [7, 11) is 0. The van der Waals surface area contributed by atoms with Crippen LogP contribution in [0.15, 0.2) is 0 Å². The zero-order valence-corrected chi connectivity index (χ0v) is 11.9. The molecule has 3 heterocycles. The van der Waals surface area contributed by atoms with Crippen molar-refractivity contribution in [3.8, 4) is 0 Å². The minimum Gasteiger partial charge on any atom is -0.342 e. The maximum absolute atomic E-state index is 12.4. The molecule has 0 spiro atoms. The number of hydrogen-bond donors (Lipinski definition) is 1. The molecule has 3 aliphatic heterocycles. The van der Waals surface area contributed by atoms with Crippen LogP contribution in [0.2, 0.25) is 0 Å². The highest BCUT2D eigenvalue weighted by molar-refractivity contribution is 5.78. The predicted octanol–water partition coefficient (Wildman–Crippen LogP) is 1.22. The van der Waals surface area contributed by atoms with Gasteiger partial charge in [0.2, 0.25) is 5.91 Å².